The van der Waals surface area contributed by atoms with Crippen LogP contribution in [0.1, 0.15) is 27.7 Å². The molecule has 0 unspecified atom stereocenters. The van der Waals surface area contributed by atoms with Gasteiger partial charge in [-0.1, -0.05) is 5.21 Å². The van der Waals surface area contributed by atoms with Gasteiger partial charge >= 0.3 is 0 Å². The Kier molecular flexibility index (Phi) is 4.54. The average molecular weight is 381 g/mol. The van der Waals surface area contributed by atoms with E-state index in [9.17, 15) is 4.79 Å². The highest BCUT2D eigenvalue weighted by molar-refractivity contribution is 5.92. The van der Waals surface area contributed by atoms with Crippen LogP contribution < -0.4 is 4.90 Å². The molecule has 0 aromatic carbocycles. The summed E-state index contributed by atoms with van der Waals surface area (Å²) in [6.45, 7) is 8.45. The molecule has 1 aliphatic rings. The minimum atomic E-state index is -0.0880. The van der Waals surface area contributed by atoms with Crippen LogP contribution in [0, 0.1) is 20.8 Å². The summed E-state index contributed by atoms with van der Waals surface area (Å²) in [7, 11) is 1.75. The fourth-order valence-corrected chi connectivity index (χ4v) is 3.41. The van der Waals surface area contributed by atoms with Gasteiger partial charge in [-0.25, -0.2) is 14.6 Å². The van der Waals surface area contributed by atoms with E-state index in [1.165, 1.54) is 4.68 Å². The molecule has 0 saturated carbocycles. The minimum Gasteiger partial charge on any atom is -0.353 e. The monoisotopic (exact) mass is 381 g/mol. The number of anilines is 1. The van der Waals surface area contributed by atoms with Crippen LogP contribution in [0.5, 0.6) is 0 Å². The average Bonchev–Trinajstić information content (AvgIpc) is 3.25. The molecule has 4 heterocycles. The number of amides is 1. The fraction of sp³-hybridized carbons (Fsp3) is 0.444. The number of nitrogens with zero attached hydrogens (tertiary/aromatic N) is 9. The lowest BCUT2D eigenvalue weighted by Crippen LogP contribution is -2.49. The number of hydrogen-bond acceptors (Lipinski definition) is 7. The summed E-state index contributed by atoms with van der Waals surface area (Å²) >= 11 is 0. The van der Waals surface area contributed by atoms with E-state index >= 15 is 0 Å². The number of carbonyl (C=O) groups excluding carboxylic acids is 1. The highest BCUT2D eigenvalue weighted by atomic mass is 16.2. The quantitative estimate of drug-likeness (QED) is 0.658. The summed E-state index contributed by atoms with van der Waals surface area (Å²) in [6, 6.07) is 3.97. The Hall–Kier alpha value is -3.30. The summed E-state index contributed by atoms with van der Waals surface area (Å²) in [5.41, 5.74) is 2.35. The topological polar surface area (TPSA) is 97.9 Å². The van der Waals surface area contributed by atoms with E-state index < -0.39 is 0 Å². The van der Waals surface area contributed by atoms with Crippen molar-refractivity contribution in [1.29, 1.82) is 0 Å². The largest absolute Gasteiger partial charge is 0.353 e. The lowest BCUT2D eigenvalue weighted by molar-refractivity contribution is 0.0740. The molecule has 1 aliphatic heterocycles. The van der Waals surface area contributed by atoms with E-state index in [1.54, 1.807) is 18.1 Å². The molecule has 0 aliphatic carbocycles. The molecule has 10 heteroatoms. The van der Waals surface area contributed by atoms with Crippen molar-refractivity contribution in [1.82, 2.24) is 39.6 Å². The molecule has 0 bridgehead atoms. The first kappa shape index (κ1) is 18.1. The van der Waals surface area contributed by atoms with E-state index in [-0.39, 0.29) is 5.91 Å². The first-order valence-corrected chi connectivity index (χ1v) is 9.20. The lowest BCUT2D eigenvalue weighted by atomic mass is 10.2. The lowest BCUT2D eigenvalue weighted by Gasteiger charge is -2.35. The molecule has 0 spiro atoms. The maximum absolute atomic E-state index is 12.5. The van der Waals surface area contributed by atoms with Crippen molar-refractivity contribution in [3.63, 3.8) is 0 Å². The molecule has 10 nitrogen and oxygen atoms in total. The minimum absolute atomic E-state index is 0.0880. The van der Waals surface area contributed by atoms with Gasteiger partial charge in [0, 0.05) is 45.0 Å². The Morgan fingerprint density at radius 2 is 1.71 bits per heavy atom. The van der Waals surface area contributed by atoms with Crippen molar-refractivity contribution >= 4 is 11.7 Å². The van der Waals surface area contributed by atoms with E-state index in [2.05, 4.69) is 30.3 Å². The Bertz CT molecular complexity index is 1010. The molecule has 4 rings (SSSR count). The van der Waals surface area contributed by atoms with Gasteiger partial charge in [0.2, 0.25) is 0 Å². The molecule has 1 fully saturated rings. The van der Waals surface area contributed by atoms with Gasteiger partial charge in [-0.3, -0.25) is 9.48 Å². The predicted molar refractivity (Wildman–Crippen MR) is 102 cm³/mol. The zero-order valence-electron chi connectivity index (χ0n) is 16.5. The molecular weight excluding hydrogens is 358 g/mol. The summed E-state index contributed by atoms with van der Waals surface area (Å²) in [4.78, 5) is 25.7. The number of hydrogen-bond donors (Lipinski definition) is 0. The van der Waals surface area contributed by atoms with Gasteiger partial charge in [0.25, 0.3) is 5.91 Å². The maximum Gasteiger partial charge on any atom is 0.276 e. The third-order valence-corrected chi connectivity index (χ3v) is 4.75. The van der Waals surface area contributed by atoms with E-state index in [4.69, 9.17) is 0 Å². The predicted octanol–water partition coefficient (Wildman–Crippen LogP) is 0.678. The van der Waals surface area contributed by atoms with Crippen molar-refractivity contribution in [2.45, 2.75) is 20.8 Å². The van der Waals surface area contributed by atoms with Crippen molar-refractivity contribution < 1.29 is 4.79 Å². The Morgan fingerprint density at radius 1 is 1.00 bits per heavy atom. The fourth-order valence-electron chi connectivity index (χ4n) is 3.41. The Labute approximate surface area is 162 Å². The van der Waals surface area contributed by atoms with Crippen molar-refractivity contribution in [2.24, 2.45) is 7.05 Å². The van der Waals surface area contributed by atoms with Gasteiger partial charge in [-0.15, -0.1) is 5.10 Å². The van der Waals surface area contributed by atoms with Gasteiger partial charge in [0.15, 0.2) is 11.5 Å². The van der Waals surface area contributed by atoms with E-state index in [0.29, 0.717) is 37.7 Å². The van der Waals surface area contributed by atoms with Crippen LogP contribution in [0.4, 0.5) is 5.82 Å². The molecule has 0 N–H and O–H groups in total. The molecule has 0 radical (unpaired) electrons. The van der Waals surface area contributed by atoms with E-state index in [0.717, 1.165) is 23.0 Å². The van der Waals surface area contributed by atoms with Gasteiger partial charge in [-0.05, 0) is 26.8 Å². The first-order valence-electron chi connectivity index (χ1n) is 9.20. The molecule has 3 aromatic rings. The third kappa shape index (κ3) is 3.45. The zero-order chi connectivity index (χ0) is 19.8. The number of piperazine rings is 1. The number of aromatic nitrogens is 7. The molecule has 3 aromatic heterocycles. The second-order valence-corrected chi connectivity index (χ2v) is 7.03. The molecule has 1 saturated heterocycles. The number of carbonyl (C=O) groups is 1. The van der Waals surface area contributed by atoms with Gasteiger partial charge in [0.05, 0.1) is 11.9 Å². The van der Waals surface area contributed by atoms with Crippen LogP contribution >= 0.6 is 0 Å². The smallest absolute Gasteiger partial charge is 0.276 e. The normalized spacial score (nSPS) is 14.6. The van der Waals surface area contributed by atoms with Crippen LogP contribution in [-0.4, -0.2) is 71.7 Å². The first-order chi connectivity index (χ1) is 13.4. The van der Waals surface area contributed by atoms with Gasteiger partial charge in [0.1, 0.15) is 11.6 Å². The standard InChI is InChI=1S/C18H23N9O/c1-12-9-13(2)27(22-12)17-10-16(19-14(3)20-17)25-5-7-26(8-6-25)18(28)15-11-24(4)23-21-15/h9-11H,5-8H2,1-4H3. The van der Waals surface area contributed by atoms with Crippen LogP contribution in [0.3, 0.4) is 0 Å². The Balaban J connectivity index is 1.50. The van der Waals surface area contributed by atoms with Gasteiger partial charge < -0.3 is 9.80 Å². The SMILES string of the molecule is Cc1cc(C)n(-c2cc(N3CCN(C(=O)c4cn(C)nn4)CC3)nc(C)n2)n1. The summed E-state index contributed by atoms with van der Waals surface area (Å²) in [5.74, 6) is 2.21. The summed E-state index contributed by atoms with van der Waals surface area (Å²) in [5, 5.41) is 12.3. The zero-order valence-corrected chi connectivity index (χ0v) is 16.5. The second-order valence-electron chi connectivity index (χ2n) is 7.03. The maximum atomic E-state index is 12.5. The van der Waals surface area contributed by atoms with E-state index in [1.807, 2.05) is 37.6 Å². The van der Waals surface area contributed by atoms with Crippen LogP contribution in [0.25, 0.3) is 5.82 Å². The van der Waals surface area contributed by atoms with Crippen LogP contribution in [0.15, 0.2) is 18.3 Å². The Morgan fingerprint density at radius 3 is 2.32 bits per heavy atom. The molecule has 28 heavy (non-hydrogen) atoms. The molecule has 146 valence electrons. The summed E-state index contributed by atoms with van der Waals surface area (Å²) in [6.07, 6.45) is 1.64. The second kappa shape index (κ2) is 7.02. The molecule has 1 amide bonds. The third-order valence-electron chi connectivity index (χ3n) is 4.75. The summed E-state index contributed by atoms with van der Waals surface area (Å²) < 4.78 is 3.37. The van der Waals surface area contributed by atoms with Crippen molar-refractivity contribution in [2.75, 3.05) is 31.1 Å². The van der Waals surface area contributed by atoms with Crippen molar-refractivity contribution in [3.8, 4) is 5.82 Å². The molecule has 0 atom stereocenters. The number of rotatable bonds is 3. The van der Waals surface area contributed by atoms with Crippen molar-refractivity contribution in [3.05, 3.63) is 41.2 Å². The van der Waals surface area contributed by atoms with Crippen LogP contribution in [-0.2, 0) is 7.05 Å². The number of aryl methyl sites for hydroxylation is 4. The highest BCUT2D eigenvalue weighted by Crippen LogP contribution is 2.19. The van der Waals surface area contributed by atoms with Gasteiger partial charge in [-0.2, -0.15) is 5.10 Å². The van der Waals surface area contributed by atoms with Crippen LogP contribution in [0.2, 0.25) is 0 Å². The molecular formula is C18H23N9O. The highest BCUT2D eigenvalue weighted by Gasteiger charge is 2.25.